The van der Waals surface area contributed by atoms with E-state index in [1.807, 2.05) is 6.92 Å². The van der Waals surface area contributed by atoms with E-state index in [-0.39, 0.29) is 10.9 Å². The van der Waals surface area contributed by atoms with Crippen LogP contribution < -0.4 is 10.5 Å². The van der Waals surface area contributed by atoms with Crippen LogP contribution in [0.3, 0.4) is 0 Å². The van der Waals surface area contributed by atoms with Crippen LogP contribution in [0.25, 0.3) is 5.65 Å². The third-order valence-electron chi connectivity index (χ3n) is 3.16. The first kappa shape index (κ1) is 14.4. The Morgan fingerprint density at radius 1 is 1.36 bits per heavy atom. The summed E-state index contributed by atoms with van der Waals surface area (Å²) in [6.45, 7) is 1.87. The second-order valence-corrected chi connectivity index (χ2v) is 6.27. The van der Waals surface area contributed by atoms with Crippen molar-refractivity contribution in [2.75, 3.05) is 5.32 Å². The van der Waals surface area contributed by atoms with Gasteiger partial charge >= 0.3 is 0 Å². The number of sulfonamides is 1. The van der Waals surface area contributed by atoms with E-state index in [0.29, 0.717) is 11.5 Å². The van der Waals surface area contributed by atoms with Gasteiger partial charge in [-0.1, -0.05) is 12.1 Å². The summed E-state index contributed by atoms with van der Waals surface area (Å²) >= 11 is 0. The van der Waals surface area contributed by atoms with Gasteiger partial charge in [0, 0.05) is 6.20 Å². The summed E-state index contributed by atoms with van der Waals surface area (Å²) in [6.07, 6.45) is 3.20. The lowest BCUT2D eigenvalue weighted by Gasteiger charge is -2.15. The van der Waals surface area contributed by atoms with Crippen molar-refractivity contribution in [3.05, 3.63) is 42.2 Å². The molecule has 114 valence electrons. The van der Waals surface area contributed by atoms with Gasteiger partial charge in [-0.25, -0.2) is 18.5 Å². The van der Waals surface area contributed by atoms with Gasteiger partial charge in [-0.05, 0) is 35.0 Å². The maximum Gasteiger partial charge on any atom is 0.238 e. The zero-order chi connectivity index (χ0) is 15.7. The molecule has 3 rings (SSSR count). The van der Waals surface area contributed by atoms with E-state index < -0.39 is 10.0 Å². The Labute approximate surface area is 126 Å². The molecule has 0 bridgehead atoms. The summed E-state index contributed by atoms with van der Waals surface area (Å²) in [7, 11) is -3.74. The Balaban J connectivity index is 1.92. The lowest BCUT2D eigenvalue weighted by molar-refractivity contribution is 0.597. The zero-order valence-corrected chi connectivity index (χ0v) is 12.4. The molecule has 10 heteroatoms. The van der Waals surface area contributed by atoms with Gasteiger partial charge in [0.25, 0.3) is 0 Å². The minimum atomic E-state index is -3.74. The highest BCUT2D eigenvalue weighted by atomic mass is 32.2. The molecule has 0 spiro atoms. The van der Waals surface area contributed by atoms with Crippen LogP contribution in [-0.2, 0) is 10.0 Å². The molecule has 0 unspecified atom stereocenters. The Kier molecular flexibility index (Phi) is 3.47. The predicted octanol–water partition coefficient (Wildman–Crippen LogP) is 0.340. The number of aromatic nitrogens is 5. The van der Waals surface area contributed by atoms with Crippen LogP contribution in [0, 0.1) is 0 Å². The number of nitrogens with zero attached hydrogens (tertiary/aromatic N) is 5. The summed E-state index contributed by atoms with van der Waals surface area (Å²) in [5.74, 6) is 0.501. The predicted molar refractivity (Wildman–Crippen MR) is 78.4 cm³/mol. The molecule has 9 nitrogen and oxygen atoms in total. The van der Waals surface area contributed by atoms with E-state index >= 15 is 0 Å². The molecule has 0 saturated carbocycles. The van der Waals surface area contributed by atoms with Gasteiger partial charge in [0.05, 0.1) is 17.1 Å². The molecule has 1 aromatic carbocycles. The van der Waals surface area contributed by atoms with Crippen molar-refractivity contribution in [3.63, 3.8) is 0 Å². The van der Waals surface area contributed by atoms with Gasteiger partial charge in [-0.3, -0.25) is 0 Å². The van der Waals surface area contributed by atoms with Crippen molar-refractivity contribution in [1.82, 2.24) is 25.0 Å². The molecule has 0 radical (unpaired) electrons. The molecule has 1 atom stereocenters. The number of rotatable bonds is 4. The molecule has 0 fully saturated rings. The molecule has 2 heterocycles. The van der Waals surface area contributed by atoms with Crippen molar-refractivity contribution in [2.45, 2.75) is 17.9 Å². The molecular formula is C12H13N7O2S. The van der Waals surface area contributed by atoms with Crippen molar-refractivity contribution < 1.29 is 8.42 Å². The van der Waals surface area contributed by atoms with Crippen molar-refractivity contribution >= 4 is 21.5 Å². The van der Waals surface area contributed by atoms with E-state index in [1.54, 1.807) is 24.5 Å². The van der Waals surface area contributed by atoms with Crippen LogP contribution in [0.4, 0.5) is 5.82 Å². The van der Waals surface area contributed by atoms with Gasteiger partial charge in [0.1, 0.15) is 0 Å². The fraction of sp³-hybridized carbons (Fsp3) is 0.167. The van der Waals surface area contributed by atoms with Crippen LogP contribution in [-0.4, -0.2) is 33.4 Å². The number of nitrogens with one attached hydrogen (secondary N) is 1. The van der Waals surface area contributed by atoms with Crippen molar-refractivity contribution in [2.24, 2.45) is 5.14 Å². The average Bonchev–Trinajstić information content (AvgIpc) is 2.96. The van der Waals surface area contributed by atoms with E-state index in [9.17, 15) is 8.42 Å². The molecule has 0 aliphatic heterocycles. The number of hydrogen-bond donors (Lipinski definition) is 2. The minimum absolute atomic E-state index is 0.0639. The van der Waals surface area contributed by atoms with Crippen LogP contribution in [0.1, 0.15) is 18.5 Å². The van der Waals surface area contributed by atoms with Crippen molar-refractivity contribution in [3.8, 4) is 0 Å². The van der Waals surface area contributed by atoms with Gasteiger partial charge < -0.3 is 5.32 Å². The number of nitrogens with two attached hydrogens (primary N) is 1. The molecule has 0 aliphatic carbocycles. The third-order valence-corrected chi connectivity index (χ3v) is 4.07. The summed E-state index contributed by atoms with van der Waals surface area (Å²) in [4.78, 5) is 4.26. The SMILES string of the molecule is C[C@H](Nc1nccn2nnnc12)c1cccc(S(N)(=O)=O)c1. The summed E-state index contributed by atoms with van der Waals surface area (Å²) in [5.41, 5.74) is 1.24. The van der Waals surface area contributed by atoms with Crippen LogP contribution in [0.15, 0.2) is 41.6 Å². The Bertz CT molecular complexity index is 922. The quantitative estimate of drug-likeness (QED) is 0.709. The Morgan fingerprint density at radius 2 is 2.18 bits per heavy atom. The summed E-state index contributed by atoms with van der Waals surface area (Å²) < 4.78 is 24.3. The number of primary sulfonamides is 1. The zero-order valence-electron chi connectivity index (χ0n) is 11.6. The molecule has 2 aromatic heterocycles. The molecule has 0 amide bonds. The Hall–Kier alpha value is -2.59. The molecule has 22 heavy (non-hydrogen) atoms. The molecule has 3 aromatic rings. The molecule has 0 saturated heterocycles. The standard InChI is InChI=1S/C12H13N7O2S/c1-8(9-3-2-4-10(7-9)22(13,20)21)15-11-12-16-17-18-19(12)6-5-14-11/h2-8H,1H3,(H,14,15)(H2,13,20,21)/t8-/m0/s1. The summed E-state index contributed by atoms with van der Waals surface area (Å²) in [6, 6.07) is 6.20. The highest BCUT2D eigenvalue weighted by molar-refractivity contribution is 7.89. The highest BCUT2D eigenvalue weighted by Gasteiger charge is 2.14. The van der Waals surface area contributed by atoms with Crippen LogP contribution in [0.5, 0.6) is 0 Å². The largest absolute Gasteiger partial charge is 0.360 e. The first-order valence-electron chi connectivity index (χ1n) is 6.37. The van der Waals surface area contributed by atoms with Gasteiger partial charge in [-0.2, -0.15) is 4.52 Å². The van der Waals surface area contributed by atoms with Crippen LogP contribution >= 0.6 is 0 Å². The molecular weight excluding hydrogens is 306 g/mol. The highest BCUT2D eigenvalue weighted by Crippen LogP contribution is 2.21. The van der Waals surface area contributed by atoms with Gasteiger partial charge in [-0.15, -0.1) is 5.10 Å². The second kappa shape index (κ2) is 5.31. The first-order valence-corrected chi connectivity index (χ1v) is 7.92. The maximum atomic E-state index is 11.4. The smallest absolute Gasteiger partial charge is 0.238 e. The molecule has 0 aliphatic rings. The van der Waals surface area contributed by atoms with E-state index in [0.717, 1.165) is 5.56 Å². The number of hydrogen-bond acceptors (Lipinski definition) is 7. The van der Waals surface area contributed by atoms with Gasteiger partial charge in [0.15, 0.2) is 5.82 Å². The average molecular weight is 319 g/mol. The van der Waals surface area contributed by atoms with Crippen LogP contribution in [0.2, 0.25) is 0 Å². The topological polar surface area (TPSA) is 128 Å². The number of tetrazole rings is 1. The number of anilines is 1. The fourth-order valence-electron chi connectivity index (χ4n) is 2.03. The van der Waals surface area contributed by atoms with E-state index in [1.165, 1.54) is 16.6 Å². The monoisotopic (exact) mass is 319 g/mol. The normalized spacial score (nSPS) is 13.2. The lowest BCUT2D eigenvalue weighted by atomic mass is 10.1. The fourth-order valence-corrected chi connectivity index (χ4v) is 2.60. The van der Waals surface area contributed by atoms with E-state index in [4.69, 9.17) is 5.14 Å². The maximum absolute atomic E-state index is 11.4. The Morgan fingerprint density at radius 3 is 2.95 bits per heavy atom. The van der Waals surface area contributed by atoms with Gasteiger partial charge in [0.2, 0.25) is 15.7 Å². The summed E-state index contributed by atoms with van der Waals surface area (Å²) in [5, 5.41) is 19.5. The second-order valence-electron chi connectivity index (χ2n) is 4.71. The third kappa shape index (κ3) is 2.73. The first-order chi connectivity index (χ1) is 10.4. The number of fused-ring (bicyclic) bond motifs is 1. The minimum Gasteiger partial charge on any atom is -0.360 e. The van der Waals surface area contributed by atoms with E-state index in [2.05, 4.69) is 25.8 Å². The molecule has 3 N–H and O–H groups in total. The van der Waals surface area contributed by atoms with Crippen molar-refractivity contribution in [1.29, 1.82) is 0 Å². The number of benzene rings is 1. The lowest BCUT2D eigenvalue weighted by Crippen LogP contribution is -2.14.